The van der Waals surface area contributed by atoms with Gasteiger partial charge in [-0.25, -0.2) is 4.98 Å². The highest BCUT2D eigenvalue weighted by Crippen LogP contribution is 2.37. The van der Waals surface area contributed by atoms with Crippen LogP contribution in [0.25, 0.3) is 11.0 Å². The van der Waals surface area contributed by atoms with Gasteiger partial charge in [-0.05, 0) is 55.5 Å². The summed E-state index contributed by atoms with van der Waals surface area (Å²) >= 11 is 0. The molecule has 2 fully saturated rings. The van der Waals surface area contributed by atoms with Gasteiger partial charge in [0.1, 0.15) is 0 Å². The van der Waals surface area contributed by atoms with E-state index < -0.39 is 0 Å². The van der Waals surface area contributed by atoms with Gasteiger partial charge in [0.25, 0.3) is 0 Å². The zero-order valence-electron chi connectivity index (χ0n) is 17.3. The normalized spacial score (nSPS) is 20.0. The van der Waals surface area contributed by atoms with Crippen LogP contribution in [-0.4, -0.2) is 33.5 Å². The summed E-state index contributed by atoms with van der Waals surface area (Å²) in [5.41, 5.74) is 3.36. The maximum atomic E-state index is 12.9. The molecule has 30 heavy (non-hydrogen) atoms. The van der Waals surface area contributed by atoms with Gasteiger partial charge >= 0.3 is 0 Å². The van der Waals surface area contributed by atoms with E-state index in [0.717, 1.165) is 43.0 Å². The zero-order valence-corrected chi connectivity index (χ0v) is 17.3. The number of benzene rings is 1. The van der Waals surface area contributed by atoms with Gasteiger partial charge in [-0.2, -0.15) is 0 Å². The molecule has 1 atom stereocenters. The standard InChI is InChI=1S/C24H29N5O/c30-23(26-16-18-11-13-25-14-12-18)19-6-5-15-28(17-19)24-27-21-9-3-4-10-22(21)29(24)20-7-1-2-8-20/h3-4,9-14,19-20H,1-2,5-8,15-17H2,(H,26,30)/t19-/m1/s1. The van der Waals surface area contributed by atoms with Crippen LogP contribution in [-0.2, 0) is 11.3 Å². The van der Waals surface area contributed by atoms with E-state index in [9.17, 15) is 4.79 Å². The van der Waals surface area contributed by atoms with E-state index in [4.69, 9.17) is 4.98 Å². The summed E-state index contributed by atoms with van der Waals surface area (Å²) in [4.78, 5) is 24.3. The first-order valence-corrected chi connectivity index (χ1v) is 11.2. The lowest BCUT2D eigenvalue weighted by atomic mass is 9.97. The third kappa shape index (κ3) is 3.78. The lowest BCUT2D eigenvalue weighted by Gasteiger charge is -2.34. The van der Waals surface area contributed by atoms with Crippen molar-refractivity contribution in [3.05, 3.63) is 54.4 Å². The van der Waals surface area contributed by atoms with Gasteiger partial charge in [0.05, 0.1) is 17.0 Å². The highest BCUT2D eigenvalue weighted by atomic mass is 16.1. The minimum Gasteiger partial charge on any atom is -0.352 e. The van der Waals surface area contributed by atoms with E-state index in [0.29, 0.717) is 12.6 Å². The van der Waals surface area contributed by atoms with Crippen LogP contribution in [0.3, 0.4) is 0 Å². The molecular weight excluding hydrogens is 374 g/mol. The number of imidazole rings is 1. The second-order valence-electron chi connectivity index (χ2n) is 8.57. The van der Waals surface area contributed by atoms with Gasteiger partial charge in [-0.1, -0.05) is 25.0 Å². The average Bonchev–Trinajstić information content (AvgIpc) is 3.46. The monoisotopic (exact) mass is 403 g/mol. The molecule has 6 nitrogen and oxygen atoms in total. The Labute approximate surface area is 177 Å². The van der Waals surface area contributed by atoms with Gasteiger partial charge in [-0.15, -0.1) is 0 Å². The van der Waals surface area contributed by atoms with Gasteiger partial charge in [-0.3, -0.25) is 9.78 Å². The molecule has 1 saturated heterocycles. The molecular formula is C24H29N5O. The van der Waals surface area contributed by atoms with Crippen molar-refractivity contribution in [2.45, 2.75) is 51.1 Å². The Bertz CT molecular complexity index is 1010. The number of anilines is 1. The number of carbonyl (C=O) groups excluding carboxylic acids is 1. The van der Waals surface area contributed by atoms with Crippen molar-refractivity contribution in [2.24, 2.45) is 5.92 Å². The minimum atomic E-state index is -0.00238. The van der Waals surface area contributed by atoms with Gasteiger partial charge < -0.3 is 14.8 Å². The first-order valence-electron chi connectivity index (χ1n) is 11.2. The van der Waals surface area contributed by atoms with E-state index in [-0.39, 0.29) is 11.8 Å². The van der Waals surface area contributed by atoms with E-state index in [1.165, 1.54) is 31.2 Å². The van der Waals surface area contributed by atoms with Crippen molar-refractivity contribution in [1.82, 2.24) is 19.9 Å². The molecule has 0 radical (unpaired) electrons. The molecule has 1 saturated carbocycles. The Morgan fingerprint density at radius 3 is 2.67 bits per heavy atom. The zero-order chi connectivity index (χ0) is 20.3. The Balaban J connectivity index is 1.35. The molecule has 156 valence electrons. The summed E-state index contributed by atoms with van der Waals surface area (Å²) in [5.74, 6) is 1.19. The van der Waals surface area contributed by atoms with Crippen LogP contribution in [0.1, 0.15) is 50.1 Å². The number of amides is 1. The minimum absolute atomic E-state index is 0.00238. The van der Waals surface area contributed by atoms with E-state index in [2.05, 4.69) is 44.0 Å². The van der Waals surface area contributed by atoms with Crippen LogP contribution >= 0.6 is 0 Å². The van der Waals surface area contributed by atoms with E-state index in [1.807, 2.05) is 12.1 Å². The van der Waals surface area contributed by atoms with Crippen molar-refractivity contribution < 1.29 is 4.79 Å². The summed E-state index contributed by atoms with van der Waals surface area (Å²) in [6.07, 6.45) is 10.5. The first-order chi connectivity index (χ1) is 14.8. The number of carbonyl (C=O) groups is 1. The highest BCUT2D eigenvalue weighted by Gasteiger charge is 2.31. The molecule has 3 aromatic rings. The number of nitrogens with zero attached hydrogens (tertiary/aromatic N) is 4. The summed E-state index contributed by atoms with van der Waals surface area (Å²) in [7, 11) is 0. The number of nitrogens with one attached hydrogen (secondary N) is 1. The number of fused-ring (bicyclic) bond motifs is 1. The van der Waals surface area contributed by atoms with Crippen LogP contribution in [0.4, 0.5) is 5.95 Å². The number of pyridine rings is 1. The maximum Gasteiger partial charge on any atom is 0.225 e. The molecule has 3 heterocycles. The molecule has 1 aliphatic carbocycles. The molecule has 2 aromatic heterocycles. The van der Waals surface area contributed by atoms with Crippen LogP contribution in [0.5, 0.6) is 0 Å². The predicted molar refractivity (Wildman–Crippen MR) is 118 cm³/mol. The fraction of sp³-hybridized carbons (Fsp3) is 0.458. The summed E-state index contributed by atoms with van der Waals surface area (Å²) in [6, 6.07) is 12.9. The van der Waals surface area contributed by atoms with Crippen LogP contribution < -0.4 is 10.2 Å². The molecule has 2 aliphatic rings. The topological polar surface area (TPSA) is 63.1 Å². The fourth-order valence-electron chi connectivity index (χ4n) is 4.98. The maximum absolute atomic E-state index is 12.9. The molecule has 0 unspecified atom stereocenters. The number of para-hydroxylation sites is 2. The van der Waals surface area contributed by atoms with Gasteiger partial charge in [0.15, 0.2) is 0 Å². The lowest BCUT2D eigenvalue weighted by Crippen LogP contribution is -2.44. The van der Waals surface area contributed by atoms with Crippen LogP contribution in [0, 0.1) is 5.92 Å². The Kier molecular flexibility index (Phi) is 5.39. The highest BCUT2D eigenvalue weighted by molar-refractivity contribution is 5.81. The number of hydrogen-bond donors (Lipinski definition) is 1. The van der Waals surface area contributed by atoms with Crippen molar-refractivity contribution in [3.8, 4) is 0 Å². The second-order valence-corrected chi connectivity index (χ2v) is 8.57. The predicted octanol–water partition coefficient (Wildman–Crippen LogP) is 4.08. The van der Waals surface area contributed by atoms with Gasteiger partial charge in [0.2, 0.25) is 11.9 Å². The molecule has 1 aromatic carbocycles. The van der Waals surface area contributed by atoms with Crippen molar-refractivity contribution in [2.75, 3.05) is 18.0 Å². The fourth-order valence-corrected chi connectivity index (χ4v) is 4.98. The van der Waals surface area contributed by atoms with Crippen molar-refractivity contribution in [3.63, 3.8) is 0 Å². The van der Waals surface area contributed by atoms with Crippen LogP contribution in [0.2, 0.25) is 0 Å². The second kappa shape index (κ2) is 8.46. The lowest BCUT2D eigenvalue weighted by molar-refractivity contribution is -0.125. The number of piperidine rings is 1. The van der Waals surface area contributed by atoms with Crippen molar-refractivity contribution >= 4 is 22.9 Å². The van der Waals surface area contributed by atoms with Crippen LogP contribution in [0.15, 0.2) is 48.8 Å². The van der Waals surface area contributed by atoms with E-state index in [1.54, 1.807) is 12.4 Å². The summed E-state index contributed by atoms with van der Waals surface area (Å²) < 4.78 is 2.46. The summed E-state index contributed by atoms with van der Waals surface area (Å²) in [5, 5.41) is 3.12. The number of hydrogen-bond acceptors (Lipinski definition) is 4. The number of aromatic nitrogens is 3. The molecule has 0 bridgehead atoms. The average molecular weight is 404 g/mol. The largest absolute Gasteiger partial charge is 0.352 e. The Morgan fingerprint density at radius 1 is 1.03 bits per heavy atom. The third-order valence-corrected chi connectivity index (χ3v) is 6.56. The Morgan fingerprint density at radius 2 is 1.83 bits per heavy atom. The smallest absolute Gasteiger partial charge is 0.225 e. The quantitative estimate of drug-likeness (QED) is 0.697. The SMILES string of the molecule is O=C(NCc1ccncc1)[C@@H]1CCCN(c2nc3ccccc3n2C2CCCC2)C1. The molecule has 1 aliphatic heterocycles. The molecule has 1 N–H and O–H groups in total. The van der Waals surface area contributed by atoms with Gasteiger partial charge in [0, 0.05) is 38.1 Å². The van der Waals surface area contributed by atoms with E-state index >= 15 is 0 Å². The number of rotatable bonds is 5. The summed E-state index contributed by atoms with van der Waals surface area (Å²) in [6.45, 7) is 2.25. The molecule has 0 spiro atoms. The third-order valence-electron chi connectivity index (χ3n) is 6.56. The molecule has 5 rings (SSSR count). The first kappa shape index (κ1) is 19.1. The molecule has 6 heteroatoms. The Hall–Kier alpha value is -2.89. The molecule has 1 amide bonds. The van der Waals surface area contributed by atoms with Crippen molar-refractivity contribution in [1.29, 1.82) is 0 Å².